The zero-order valence-electron chi connectivity index (χ0n) is 13.7. The number of thioether (sulfide) groups is 1. The average molecular weight is 337 g/mol. The number of carbonyl (C=O) groups is 1. The normalized spacial score (nSPS) is 16.3. The molecule has 0 aromatic heterocycles. The molecule has 1 N–H and O–H groups in total. The zero-order chi connectivity index (χ0) is 16.9. The number of amides is 1. The molecule has 0 saturated carbocycles. The Balaban J connectivity index is 1.72. The number of carbonyl (C=O) groups excluding carboxylic acids is 1. The predicted molar refractivity (Wildman–Crippen MR) is 102 cm³/mol. The molecular weight excluding hydrogens is 318 g/mol. The Hall–Kier alpha value is -2.46. The summed E-state index contributed by atoms with van der Waals surface area (Å²) in [4.78, 5) is 11.3. The van der Waals surface area contributed by atoms with E-state index in [0.717, 1.165) is 33.0 Å². The quantitative estimate of drug-likeness (QED) is 0.840. The molecule has 122 valence electrons. The largest absolute Gasteiger partial charge is 0.497 e. The van der Waals surface area contributed by atoms with Crippen LogP contribution in [0.3, 0.4) is 0 Å². The van der Waals surface area contributed by atoms with Gasteiger partial charge in [0.25, 0.3) is 0 Å². The van der Waals surface area contributed by atoms with Crippen LogP contribution < -0.4 is 10.1 Å². The van der Waals surface area contributed by atoms with Gasteiger partial charge in [0.05, 0.1) is 17.9 Å². The number of rotatable bonds is 4. The number of nitrogens with one attached hydrogen (secondary N) is 1. The topological polar surface area (TPSA) is 38.3 Å². The van der Waals surface area contributed by atoms with Crippen molar-refractivity contribution in [2.45, 2.75) is 6.92 Å². The van der Waals surface area contributed by atoms with Gasteiger partial charge in [0.2, 0.25) is 5.91 Å². The van der Waals surface area contributed by atoms with E-state index in [1.54, 1.807) is 18.9 Å². The van der Waals surface area contributed by atoms with Crippen LogP contribution in [0.1, 0.15) is 23.6 Å². The standard InChI is InChI=1S/C20H19NO2S/c1-14(20-21-19(22)13-24-20)17-9-5-15(6-10-17)3-4-16-7-11-18(23-2)12-8-16/h3-12H,13H2,1-2H3,(H,21,22)/b4-3+,20-14?. The molecular formula is C20H19NO2S. The molecule has 3 nitrogen and oxygen atoms in total. The van der Waals surface area contributed by atoms with Gasteiger partial charge < -0.3 is 10.1 Å². The first-order valence-corrected chi connectivity index (χ1v) is 8.70. The molecule has 3 rings (SSSR count). The van der Waals surface area contributed by atoms with Crippen LogP contribution in [0.15, 0.2) is 53.6 Å². The summed E-state index contributed by atoms with van der Waals surface area (Å²) >= 11 is 1.56. The second-order valence-corrected chi connectivity index (χ2v) is 6.51. The Bertz CT molecular complexity index is 789. The summed E-state index contributed by atoms with van der Waals surface area (Å²) in [5.74, 6) is 1.44. The SMILES string of the molecule is COc1ccc(/C=C/c2ccc(C(C)=C3NC(=O)CS3)cc2)cc1. The number of methoxy groups -OCH3 is 1. The predicted octanol–water partition coefficient (Wildman–Crippen LogP) is 4.42. The molecule has 1 aliphatic heterocycles. The number of ether oxygens (including phenoxy) is 1. The maximum Gasteiger partial charge on any atom is 0.235 e. The van der Waals surface area contributed by atoms with Crippen LogP contribution in [0.25, 0.3) is 17.7 Å². The van der Waals surface area contributed by atoms with E-state index in [9.17, 15) is 4.79 Å². The summed E-state index contributed by atoms with van der Waals surface area (Å²) in [6, 6.07) is 16.3. The minimum Gasteiger partial charge on any atom is -0.497 e. The molecule has 2 aromatic rings. The highest BCUT2D eigenvalue weighted by molar-refractivity contribution is 8.04. The van der Waals surface area contributed by atoms with Crippen molar-refractivity contribution in [2.75, 3.05) is 12.9 Å². The van der Waals surface area contributed by atoms with E-state index in [2.05, 4.69) is 41.7 Å². The monoisotopic (exact) mass is 337 g/mol. The fourth-order valence-corrected chi connectivity index (χ4v) is 3.29. The van der Waals surface area contributed by atoms with E-state index in [0.29, 0.717) is 5.75 Å². The lowest BCUT2D eigenvalue weighted by atomic mass is 10.1. The van der Waals surface area contributed by atoms with Gasteiger partial charge in [-0.2, -0.15) is 0 Å². The fraction of sp³-hybridized carbons (Fsp3) is 0.150. The van der Waals surface area contributed by atoms with E-state index in [4.69, 9.17) is 4.74 Å². The molecule has 4 heteroatoms. The van der Waals surface area contributed by atoms with Crippen molar-refractivity contribution in [3.63, 3.8) is 0 Å². The van der Waals surface area contributed by atoms with Gasteiger partial charge in [0.1, 0.15) is 5.75 Å². The molecule has 0 bridgehead atoms. The Labute approximate surface area is 146 Å². The summed E-state index contributed by atoms with van der Waals surface area (Å²) in [6.45, 7) is 2.04. The third kappa shape index (κ3) is 3.89. The molecule has 0 radical (unpaired) electrons. The summed E-state index contributed by atoms with van der Waals surface area (Å²) in [6.07, 6.45) is 4.16. The number of hydrogen-bond acceptors (Lipinski definition) is 3. The Morgan fingerprint density at radius 1 is 1.04 bits per heavy atom. The van der Waals surface area contributed by atoms with Crippen LogP contribution >= 0.6 is 11.8 Å². The maximum absolute atomic E-state index is 11.3. The van der Waals surface area contributed by atoms with Crippen LogP contribution in [0.5, 0.6) is 5.75 Å². The van der Waals surface area contributed by atoms with Gasteiger partial charge in [0.15, 0.2) is 0 Å². The molecule has 1 fully saturated rings. The van der Waals surface area contributed by atoms with E-state index < -0.39 is 0 Å². The van der Waals surface area contributed by atoms with Gasteiger partial charge in [0, 0.05) is 0 Å². The smallest absolute Gasteiger partial charge is 0.235 e. The average Bonchev–Trinajstić information content (AvgIpc) is 3.06. The highest BCUT2D eigenvalue weighted by Crippen LogP contribution is 2.28. The van der Waals surface area contributed by atoms with Gasteiger partial charge in [-0.25, -0.2) is 0 Å². The van der Waals surface area contributed by atoms with Crippen molar-refractivity contribution in [1.82, 2.24) is 5.32 Å². The lowest BCUT2D eigenvalue weighted by Crippen LogP contribution is -2.14. The zero-order valence-corrected chi connectivity index (χ0v) is 14.5. The van der Waals surface area contributed by atoms with Crippen molar-refractivity contribution in [3.05, 3.63) is 70.3 Å². The van der Waals surface area contributed by atoms with Crippen LogP contribution in [-0.2, 0) is 4.79 Å². The molecule has 1 aliphatic rings. The second-order valence-electron chi connectivity index (χ2n) is 5.52. The third-order valence-corrected chi connectivity index (χ3v) is 4.97. The first-order valence-electron chi connectivity index (χ1n) is 7.72. The van der Waals surface area contributed by atoms with Crippen molar-refractivity contribution in [2.24, 2.45) is 0 Å². The second kappa shape index (κ2) is 7.41. The lowest BCUT2D eigenvalue weighted by Gasteiger charge is -2.06. The molecule has 0 atom stereocenters. The first-order chi connectivity index (χ1) is 11.7. The van der Waals surface area contributed by atoms with Gasteiger partial charge in [-0.15, -0.1) is 0 Å². The number of hydrogen-bond donors (Lipinski definition) is 1. The summed E-state index contributed by atoms with van der Waals surface area (Å²) in [5.41, 5.74) is 4.50. The molecule has 24 heavy (non-hydrogen) atoms. The third-order valence-electron chi connectivity index (χ3n) is 3.87. The molecule has 0 aliphatic carbocycles. The highest BCUT2D eigenvalue weighted by Gasteiger charge is 2.17. The van der Waals surface area contributed by atoms with Crippen LogP contribution in [-0.4, -0.2) is 18.8 Å². The lowest BCUT2D eigenvalue weighted by molar-refractivity contribution is -0.117. The molecule has 1 heterocycles. The fourth-order valence-electron chi connectivity index (χ4n) is 2.42. The molecule has 2 aromatic carbocycles. The van der Waals surface area contributed by atoms with E-state index >= 15 is 0 Å². The Morgan fingerprint density at radius 3 is 2.12 bits per heavy atom. The summed E-state index contributed by atoms with van der Waals surface area (Å²) in [5, 5.41) is 3.86. The van der Waals surface area contributed by atoms with Crippen LogP contribution in [0.2, 0.25) is 0 Å². The summed E-state index contributed by atoms with van der Waals surface area (Å²) in [7, 11) is 1.67. The van der Waals surface area contributed by atoms with Crippen molar-refractivity contribution in [3.8, 4) is 5.75 Å². The van der Waals surface area contributed by atoms with Crippen LogP contribution in [0.4, 0.5) is 0 Å². The molecule has 0 spiro atoms. The highest BCUT2D eigenvalue weighted by atomic mass is 32.2. The Kier molecular flexibility index (Phi) is 5.06. The van der Waals surface area contributed by atoms with Gasteiger partial charge in [-0.05, 0) is 41.3 Å². The minimum atomic E-state index is 0.0772. The number of allylic oxidation sites excluding steroid dienone is 1. The van der Waals surface area contributed by atoms with Crippen molar-refractivity contribution < 1.29 is 9.53 Å². The van der Waals surface area contributed by atoms with E-state index in [1.807, 2.05) is 31.2 Å². The minimum absolute atomic E-state index is 0.0772. The van der Waals surface area contributed by atoms with Gasteiger partial charge >= 0.3 is 0 Å². The van der Waals surface area contributed by atoms with Gasteiger partial charge in [-0.3, -0.25) is 4.79 Å². The Morgan fingerprint density at radius 2 is 1.62 bits per heavy atom. The summed E-state index contributed by atoms with van der Waals surface area (Å²) < 4.78 is 5.16. The first kappa shape index (κ1) is 16.4. The maximum atomic E-state index is 11.3. The van der Waals surface area contributed by atoms with E-state index in [-0.39, 0.29) is 5.91 Å². The van der Waals surface area contributed by atoms with Crippen molar-refractivity contribution >= 4 is 35.4 Å². The molecule has 1 amide bonds. The molecule has 1 saturated heterocycles. The van der Waals surface area contributed by atoms with Crippen molar-refractivity contribution in [1.29, 1.82) is 0 Å². The molecule has 0 unspecified atom stereocenters. The number of benzene rings is 2. The van der Waals surface area contributed by atoms with Crippen LogP contribution in [0, 0.1) is 0 Å². The van der Waals surface area contributed by atoms with Gasteiger partial charge in [-0.1, -0.05) is 60.3 Å². The van der Waals surface area contributed by atoms with E-state index in [1.165, 1.54) is 0 Å².